The zero-order valence-electron chi connectivity index (χ0n) is 17.8. The quantitative estimate of drug-likeness (QED) is 0.584. The number of nitrogens with one attached hydrogen (secondary N) is 1. The second-order valence-electron chi connectivity index (χ2n) is 8.35. The summed E-state index contributed by atoms with van der Waals surface area (Å²) < 4.78 is 41.0. The first-order chi connectivity index (χ1) is 15.9. The van der Waals surface area contributed by atoms with E-state index in [1.54, 1.807) is 6.07 Å². The molecule has 3 aromatic rings. The summed E-state index contributed by atoms with van der Waals surface area (Å²) >= 11 is 0. The van der Waals surface area contributed by atoms with Gasteiger partial charge in [0.1, 0.15) is 10.7 Å². The maximum atomic E-state index is 14.1. The van der Waals surface area contributed by atoms with Crippen LogP contribution in [0.4, 0.5) is 10.1 Å². The molecule has 2 heterocycles. The molecule has 0 saturated carbocycles. The molecule has 3 aromatic carbocycles. The molecule has 2 saturated heterocycles. The molecule has 2 fully saturated rings. The molecular weight excluding hydrogens is 445 g/mol. The molecule has 0 spiro atoms. The first-order valence-electron chi connectivity index (χ1n) is 10.8. The van der Waals surface area contributed by atoms with E-state index in [0.717, 1.165) is 21.7 Å². The van der Waals surface area contributed by atoms with Crippen molar-refractivity contribution in [3.8, 4) is 0 Å². The Bertz CT molecular complexity index is 1350. The minimum Gasteiger partial charge on any atom is -0.322 e. The Balaban J connectivity index is 1.31. The van der Waals surface area contributed by atoms with E-state index in [4.69, 9.17) is 0 Å². The number of anilines is 1. The Morgan fingerprint density at radius 3 is 2.27 bits per heavy atom. The van der Waals surface area contributed by atoms with Crippen LogP contribution in [0.15, 0.2) is 71.6 Å². The lowest BCUT2D eigenvalue weighted by Gasteiger charge is -2.33. The van der Waals surface area contributed by atoms with E-state index < -0.39 is 21.9 Å². The van der Waals surface area contributed by atoms with Gasteiger partial charge >= 0.3 is 0 Å². The number of nitrogens with zero attached hydrogens (tertiary/aromatic N) is 2. The van der Waals surface area contributed by atoms with Gasteiger partial charge in [-0.3, -0.25) is 9.59 Å². The third kappa shape index (κ3) is 3.82. The van der Waals surface area contributed by atoms with Crippen LogP contribution in [0, 0.1) is 5.82 Å². The van der Waals surface area contributed by atoms with E-state index in [-0.39, 0.29) is 36.2 Å². The summed E-state index contributed by atoms with van der Waals surface area (Å²) in [4.78, 5) is 27.7. The molecule has 0 radical (unpaired) electrons. The fourth-order valence-electron chi connectivity index (χ4n) is 4.69. The molecule has 9 heteroatoms. The van der Waals surface area contributed by atoms with Crippen LogP contribution in [0.5, 0.6) is 0 Å². The number of imide groups is 1. The highest BCUT2D eigenvalue weighted by atomic mass is 32.2. The topological polar surface area (TPSA) is 79.2 Å². The average Bonchev–Trinajstić information content (AvgIpc) is 3.12. The molecule has 2 amide bonds. The van der Waals surface area contributed by atoms with Crippen LogP contribution in [0.1, 0.15) is 6.42 Å². The number of hydrogen-bond donors (Lipinski definition) is 1. The van der Waals surface area contributed by atoms with Crippen molar-refractivity contribution in [3.05, 3.63) is 72.5 Å². The van der Waals surface area contributed by atoms with Gasteiger partial charge in [0.05, 0.1) is 38.3 Å². The number of carbonyl (C=O) groups is 2. The standard InChI is InChI=1S/C24H22FN3O4S/c25-20-7-3-4-8-22(20)33(31,32)27-13-11-26(12-14-27)21-16-23(29)28(24(21)30)19-10-9-17-5-1-2-6-18(17)15-19/h1-10,15,21H,11-14,16H2/p+1/t21-/m0/s1. The van der Waals surface area contributed by atoms with Gasteiger partial charge in [0, 0.05) is 0 Å². The summed E-state index contributed by atoms with van der Waals surface area (Å²) in [7, 11) is -3.96. The number of fused-ring (bicyclic) bond motifs is 1. The van der Waals surface area contributed by atoms with Crippen molar-refractivity contribution in [2.24, 2.45) is 0 Å². The highest BCUT2D eigenvalue weighted by molar-refractivity contribution is 7.89. The van der Waals surface area contributed by atoms with Gasteiger partial charge < -0.3 is 4.90 Å². The Morgan fingerprint density at radius 1 is 0.879 bits per heavy atom. The van der Waals surface area contributed by atoms with Gasteiger partial charge in [-0.05, 0) is 35.0 Å². The molecule has 0 aliphatic carbocycles. The van der Waals surface area contributed by atoms with Crippen LogP contribution in [0.25, 0.3) is 10.8 Å². The maximum absolute atomic E-state index is 14.1. The summed E-state index contributed by atoms with van der Waals surface area (Å²) in [6.07, 6.45) is 0.0844. The monoisotopic (exact) mass is 468 g/mol. The first-order valence-corrected chi connectivity index (χ1v) is 12.2. The molecular formula is C24H23FN3O4S+. The van der Waals surface area contributed by atoms with Crippen LogP contribution in [0.2, 0.25) is 0 Å². The van der Waals surface area contributed by atoms with Crippen molar-refractivity contribution in [2.45, 2.75) is 17.4 Å². The number of piperazine rings is 1. The number of quaternary nitrogens is 1. The lowest BCUT2D eigenvalue weighted by atomic mass is 10.1. The lowest BCUT2D eigenvalue weighted by Crippen LogP contribution is -3.19. The van der Waals surface area contributed by atoms with Crippen LogP contribution in [0.3, 0.4) is 0 Å². The van der Waals surface area contributed by atoms with E-state index in [2.05, 4.69) is 0 Å². The molecule has 170 valence electrons. The molecule has 0 aromatic heterocycles. The number of rotatable bonds is 4. The van der Waals surface area contributed by atoms with Crippen LogP contribution in [-0.4, -0.2) is 56.8 Å². The zero-order chi connectivity index (χ0) is 23.2. The van der Waals surface area contributed by atoms with Crippen LogP contribution < -0.4 is 9.80 Å². The molecule has 2 aliphatic rings. The molecule has 1 N–H and O–H groups in total. The molecule has 0 unspecified atom stereocenters. The first kappa shape index (κ1) is 21.7. The van der Waals surface area contributed by atoms with Gasteiger partial charge in [-0.1, -0.05) is 42.5 Å². The fraction of sp³-hybridized carbons (Fsp3) is 0.250. The number of carbonyl (C=O) groups excluding carboxylic acids is 2. The molecule has 1 atom stereocenters. The molecule has 5 rings (SSSR count). The predicted molar refractivity (Wildman–Crippen MR) is 121 cm³/mol. The van der Waals surface area contributed by atoms with Gasteiger partial charge in [0.15, 0.2) is 6.04 Å². The number of halogens is 1. The Kier molecular flexibility index (Phi) is 5.48. The largest absolute Gasteiger partial charge is 0.322 e. The van der Waals surface area contributed by atoms with E-state index in [1.807, 2.05) is 36.4 Å². The second-order valence-corrected chi connectivity index (χ2v) is 10.3. The number of benzene rings is 3. The SMILES string of the molecule is O=C1C[C@H]([NH+]2CCN(S(=O)(=O)c3ccccc3F)CC2)C(=O)N1c1ccc2ccccc2c1. The maximum Gasteiger partial charge on any atom is 0.292 e. The summed E-state index contributed by atoms with van der Waals surface area (Å²) in [6, 6.07) is 18.0. The fourth-order valence-corrected chi connectivity index (χ4v) is 6.20. The molecule has 0 bridgehead atoms. The minimum absolute atomic E-state index is 0.0844. The highest BCUT2D eigenvalue weighted by Gasteiger charge is 2.47. The van der Waals surface area contributed by atoms with Crippen LogP contribution in [-0.2, 0) is 19.6 Å². The van der Waals surface area contributed by atoms with Crippen molar-refractivity contribution in [3.63, 3.8) is 0 Å². The molecule has 7 nitrogen and oxygen atoms in total. The van der Waals surface area contributed by atoms with Gasteiger partial charge in [-0.25, -0.2) is 17.7 Å². The van der Waals surface area contributed by atoms with Crippen molar-refractivity contribution in [2.75, 3.05) is 31.1 Å². The van der Waals surface area contributed by atoms with E-state index in [1.165, 1.54) is 27.4 Å². The van der Waals surface area contributed by atoms with Crippen molar-refractivity contribution < 1.29 is 27.3 Å². The third-order valence-electron chi connectivity index (χ3n) is 6.45. The van der Waals surface area contributed by atoms with Gasteiger partial charge in [-0.15, -0.1) is 0 Å². The molecule has 33 heavy (non-hydrogen) atoms. The number of hydrogen-bond acceptors (Lipinski definition) is 4. The Hall–Kier alpha value is -3.14. The zero-order valence-corrected chi connectivity index (χ0v) is 18.6. The molecule has 2 aliphatic heterocycles. The third-order valence-corrected chi connectivity index (χ3v) is 8.38. The number of sulfonamides is 1. The average molecular weight is 469 g/mol. The Morgan fingerprint density at radius 2 is 1.55 bits per heavy atom. The highest BCUT2D eigenvalue weighted by Crippen LogP contribution is 2.26. The van der Waals surface area contributed by atoms with E-state index >= 15 is 0 Å². The summed E-state index contributed by atoms with van der Waals surface area (Å²) in [5.41, 5.74) is 0.548. The van der Waals surface area contributed by atoms with Crippen molar-refractivity contribution >= 4 is 38.3 Å². The second kappa shape index (κ2) is 8.33. The van der Waals surface area contributed by atoms with Gasteiger partial charge in [0.2, 0.25) is 15.9 Å². The van der Waals surface area contributed by atoms with Gasteiger partial charge in [-0.2, -0.15) is 4.31 Å². The normalized spacial score (nSPS) is 20.6. The number of amides is 2. The van der Waals surface area contributed by atoms with Gasteiger partial charge in [0.25, 0.3) is 5.91 Å². The smallest absolute Gasteiger partial charge is 0.292 e. The Labute approximate surface area is 191 Å². The minimum atomic E-state index is -3.96. The van der Waals surface area contributed by atoms with Crippen molar-refractivity contribution in [1.82, 2.24) is 4.31 Å². The van der Waals surface area contributed by atoms with E-state index in [0.29, 0.717) is 18.8 Å². The lowest BCUT2D eigenvalue weighted by molar-refractivity contribution is -0.918. The summed E-state index contributed by atoms with van der Waals surface area (Å²) in [6.45, 7) is 1.03. The summed E-state index contributed by atoms with van der Waals surface area (Å²) in [5, 5.41) is 1.97. The van der Waals surface area contributed by atoms with Crippen molar-refractivity contribution in [1.29, 1.82) is 0 Å². The summed E-state index contributed by atoms with van der Waals surface area (Å²) in [5.74, 6) is -1.31. The van der Waals surface area contributed by atoms with Crippen LogP contribution >= 0.6 is 0 Å². The predicted octanol–water partition coefficient (Wildman–Crippen LogP) is 1.20. The van der Waals surface area contributed by atoms with E-state index in [9.17, 15) is 22.4 Å².